The van der Waals surface area contributed by atoms with E-state index < -0.39 is 34.8 Å². The van der Waals surface area contributed by atoms with E-state index >= 15 is 0 Å². The summed E-state index contributed by atoms with van der Waals surface area (Å²) in [6.07, 6.45) is -3.45. The number of pyridine rings is 1. The second kappa shape index (κ2) is 8.57. The molecule has 2 N–H and O–H groups in total. The van der Waals surface area contributed by atoms with Crippen molar-refractivity contribution in [1.29, 1.82) is 0 Å². The van der Waals surface area contributed by atoms with Gasteiger partial charge in [0, 0.05) is 16.2 Å². The van der Waals surface area contributed by atoms with Gasteiger partial charge in [0.2, 0.25) is 0 Å². The minimum absolute atomic E-state index is 0.0338. The first-order valence-corrected chi connectivity index (χ1v) is 9.27. The van der Waals surface area contributed by atoms with Gasteiger partial charge in [-0.15, -0.1) is 0 Å². The molecule has 0 saturated carbocycles. The molecule has 4 nitrogen and oxygen atoms in total. The molecule has 1 amide bonds. The van der Waals surface area contributed by atoms with Gasteiger partial charge in [-0.2, -0.15) is 13.2 Å². The van der Waals surface area contributed by atoms with Crippen molar-refractivity contribution in [3.8, 4) is 0 Å². The Morgan fingerprint density at radius 3 is 2.43 bits per heavy atom. The quantitative estimate of drug-likeness (QED) is 0.383. The van der Waals surface area contributed by atoms with Crippen molar-refractivity contribution >= 4 is 50.6 Å². The molecule has 0 aliphatic heterocycles. The number of aromatic nitrogens is 1. The normalized spacial score (nSPS) is 11.3. The first kappa shape index (κ1) is 22.0. The molecule has 2 aromatic carbocycles. The topological polar surface area (TPSA) is 54.0 Å². The van der Waals surface area contributed by atoms with E-state index in [1.54, 1.807) is 0 Å². The van der Waals surface area contributed by atoms with Gasteiger partial charge in [0.1, 0.15) is 11.6 Å². The van der Waals surface area contributed by atoms with E-state index in [0.717, 1.165) is 12.1 Å². The Labute approximate surface area is 180 Å². The van der Waals surface area contributed by atoms with E-state index in [0.29, 0.717) is 16.6 Å². The number of halogens is 7. The van der Waals surface area contributed by atoms with Crippen LogP contribution in [0.3, 0.4) is 0 Å². The van der Waals surface area contributed by atoms with Gasteiger partial charge in [0.25, 0.3) is 5.91 Å². The van der Waals surface area contributed by atoms with Crippen LogP contribution in [0.15, 0.2) is 53.1 Å². The van der Waals surface area contributed by atoms with Gasteiger partial charge < -0.3 is 10.6 Å². The fourth-order valence-corrected chi connectivity index (χ4v) is 2.93. The molecule has 0 radical (unpaired) electrons. The van der Waals surface area contributed by atoms with E-state index in [1.807, 2.05) is 0 Å². The zero-order valence-corrected chi connectivity index (χ0v) is 17.0. The minimum Gasteiger partial charge on any atom is -0.337 e. The van der Waals surface area contributed by atoms with Crippen molar-refractivity contribution in [2.45, 2.75) is 6.18 Å². The summed E-state index contributed by atoms with van der Waals surface area (Å²) >= 11 is 9.17. The number of rotatable bonds is 4. The Hall–Kier alpha value is -2.72. The highest BCUT2D eigenvalue weighted by Gasteiger charge is 2.32. The van der Waals surface area contributed by atoms with Crippen LogP contribution in [0.2, 0.25) is 5.02 Å². The van der Waals surface area contributed by atoms with Crippen molar-refractivity contribution in [1.82, 2.24) is 4.98 Å². The van der Waals surface area contributed by atoms with E-state index in [-0.39, 0.29) is 28.3 Å². The lowest BCUT2D eigenvalue weighted by molar-refractivity contribution is -0.137. The van der Waals surface area contributed by atoms with Crippen LogP contribution in [0.5, 0.6) is 0 Å². The van der Waals surface area contributed by atoms with Gasteiger partial charge in [0.05, 0.1) is 22.0 Å². The zero-order valence-electron chi connectivity index (χ0n) is 14.6. The molecule has 0 bridgehead atoms. The molecule has 0 spiro atoms. The van der Waals surface area contributed by atoms with Gasteiger partial charge >= 0.3 is 6.18 Å². The molecule has 30 heavy (non-hydrogen) atoms. The fourth-order valence-electron chi connectivity index (χ4n) is 2.43. The van der Waals surface area contributed by atoms with Crippen molar-refractivity contribution < 1.29 is 26.7 Å². The molecule has 0 fully saturated rings. The van der Waals surface area contributed by atoms with Crippen LogP contribution < -0.4 is 10.6 Å². The fraction of sp³-hybridized carbons (Fsp3) is 0.0526. The zero-order chi connectivity index (χ0) is 22.1. The molecule has 3 rings (SSSR count). The maximum absolute atomic E-state index is 13.6. The van der Waals surface area contributed by atoms with Crippen molar-refractivity contribution in [3.63, 3.8) is 0 Å². The van der Waals surface area contributed by atoms with Crippen molar-refractivity contribution in [3.05, 3.63) is 80.9 Å². The van der Waals surface area contributed by atoms with Crippen molar-refractivity contribution in [2.24, 2.45) is 0 Å². The van der Waals surface area contributed by atoms with Crippen LogP contribution in [0.1, 0.15) is 15.9 Å². The molecule has 1 aromatic heterocycles. The molecule has 1 heterocycles. The average molecular weight is 507 g/mol. The molecule has 156 valence electrons. The number of benzene rings is 2. The molecule has 0 unspecified atom stereocenters. The Kier molecular flexibility index (Phi) is 6.27. The highest BCUT2D eigenvalue weighted by molar-refractivity contribution is 9.10. The summed E-state index contributed by atoms with van der Waals surface area (Å²) in [6.45, 7) is 0. The first-order chi connectivity index (χ1) is 14.0. The van der Waals surface area contributed by atoms with Crippen molar-refractivity contribution in [2.75, 3.05) is 10.6 Å². The summed E-state index contributed by atoms with van der Waals surface area (Å²) in [5.74, 6) is -2.77. The minimum atomic E-state index is -4.82. The van der Waals surface area contributed by atoms with E-state index in [1.165, 1.54) is 18.3 Å². The number of alkyl halides is 3. The predicted octanol–water partition coefficient (Wildman–Crippen LogP) is 6.79. The van der Waals surface area contributed by atoms with E-state index in [9.17, 15) is 26.7 Å². The number of anilines is 3. The third-order valence-electron chi connectivity index (χ3n) is 3.77. The van der Waals surface area contributed by atoms with Gasteiger partial charge in [-0.25, -0.2) is 13.8 Å². The summed E-state index contributed by atoms with van der Waals surface area (Å²) in [5, 5.41) is 5.27. The lowest BCUT2D eigenvalue weighted by atomic mass is 10.1. The van der Waals surface area contributed by atoms with Gasteiger partial charge in [-0.05, 0) is 58.4 Å². The lowest BCUT2D eigenvalue weighted by Gasteiger charge is -2.14. The molecule has 0 saturated heterocycles. The second-order valence-electron chi connectivity index (χ2n) is 5.98. The number of nitrogens with one attached hydrogen (secondary N) is 2. The van der Waals surface area contributed by atoms with Gasteiger partial charge in [-0.1, -0.05) is 11.6 Å². The summed E-state index contributed by atoms with van der Waals surface area (Å²) in [6, 6.07) is 6.45. The summed E-state index contributed by atoms with van der Waals surface area (Å²) in [4.78, 5) is 16.5. The molecule has 11 heteroatoms. The van der Waals surface area contributed by atoms with Gasteiger partial charge in [0.15, 0.2) is 5.82 Å². The SMILES string of the molecule is O=C(Nc1cc(Br)cnc1Nc1cc(F)ccc1Cl)c1cc(F)cc(C(F)(F)F)c1. The maximum Gasteiger partial charge on any atom is 0.416 e. The molecule has 0 aliphatic rings. The van der Waals surface area contributed by atoms with Crippen LogP contribution in [-0.2, 0) is 6.18 Å². The smallest absolute Gasteiger partial charge is 0.337 e. The number of hydrogen-bond acceptors (Lipinski definition) is 3. The molecule has 0 atom stereocenters. The number of carbonyl (C=O) groups excluding carboxylic acids is 1. The number of nitrogens with zero attached hydrogens (tertiary/aromatic N) is 1. The Bertz CT molecular complexity index is 1120. The number of carbonyl (C=O) groups is 1. The predicted molar refractivity (Wildman–Crippen MR) is 106 cm³/mol. The Balaban J connectivity index is 1.93. The third-order valence-corrected chi connectivity index (χ3v) is 4.53. The van der Waals surface area contributed by atoms with E-state index in [2.05, 4.69) is 31.5 Å². The highest BCUT2D eigenvalue weighted by Crippen LogP contribution is 2.32. The highest BCUT2D eigenvalue weighted by atomic mass is 79.9. The van der Waals surface area contributed by atoms with Crippen LogP contribution in [0.4, 0.5) is 39.1 Å². The maximum atomic E-state index is 13.6. The van der Waals surface area contributed by atoms with Crippen LogP contribution in [-0.4, -0.2) is 10.9 Å². The molecule has 0 aliphatic carbocycles. The Morgan fingerprint density at radius 1 is 1.00 bits per heavy atom. The third kappa shape index (κ3) is 5.25. The number of hydrogen-bond donors (Lipinski definition) is 2. The number of amides is 1. The summed E-state index contributed by atoms with van der Waals surface area (Å²) in [5.41, 5.74) is -1.67. The standard InChI is InChI=1S/C19H10BrClF5N3O/c20-11-6-16(17(27-8-11)28-15-7-12(22)1-2-14(15)21)29-18(30)9-3-10(19(24,25)26)5-13(23)4-9/h1-8H,(H,27,28)(H,29,30). The van der Waals surface area contributed by atoms with Gasteiger partial charge in [-0.3, -0.25) is 4.79 Å². The second-order valence-corrected chi connectivity index (χ2v) is 7.30. The first-order valence-electron chi connectivity index (χ1n) is 8.09. The molecular weight excluding hydrogens is 497 g/mol. The Morgan fingerprint density at radius 2 is 1.73 bits per heavy atom. The summed E-state index contributed by atoms with van der Waals surface area (Å²) in [7, 11) is 0. The lowest BCUT2D eigenvalue weighted by Crippen LogP contribution is -2.16. The summed E-state index contributed by atoms with van der Waals surface area (Å²) < 4.78 is 66.2. The van der Waals surface area contributed by atoms with Crippen LogP contribution in [0, 0.1) is 11.6 Å². The molecule has 3 aromatic rings. The van der Waals surface area contributed by atoms with Crippen LogP contribution >= 0.6 is 27.5 Å². The largest absolute Gasteiger partial charge is 0.416 e. The van der Waals surface area contributed by atoms with E-state index in [4.69, 9.17) is 11.6 Å². The molecular formula is C19H10BrClF5N3O. The average Bonchev–Trinajstić information content (AvgIpc) is 2.65. The monoisotopic (exact) mass is 505 g/mol. The van der Waals surface area contributed by atoms with Crippen LogP contribution in [0.25, 0.3) is 0 Å².